The summed E-state index contributed by atoms with van der Waals surface area (Å²) in [7, 11) is 3.89. The van der Waals surface area contributed by atoms with Gasteiger partial charge in [-0.1, -0.05) is 13.0 Å². The van der Waals surface area contributed by atoms with Gasteiger partial charge in [-0.3, -0.25) is 0 Å². The number of nitriles is 1. The average molecular weight is 174 g/mol. The van der Waals surface area contributed by atoms with Gasteiger partial charge in [-0.2, -0.15) is 5.26 Å². The van der Waals surface area contributed by atoms with Gasteiger partial charge >= 0.3 is 0 Å². The summed E-state index contributed by atoms with van der Waals surface area (Å²) in [6, 6.07) is 8.23. The molecular formula is C11H14N2. The van der Waals surface area contributed by atoms with E-state index in [9.17, 15) is 0 Å². The van der Waals surface area contributed by atoms with Gasteiger partial charge in [-0.15, -0.1) is 0 Å². The summed E-state index contributed by atoms with van der Waals surface area (Å²) < 4.78 is 0. The molecule has 13 heavy (non-hydrogen) atoms. The van der Waals surface area contributed by atoms with E-state index in [-0.39, 0.29) is 0 Å². The Morgan fingerprint density at radius 2 is 2.08 bits per heavy atom. The number of benzene rings is 1. The lowest BCUT2D eigenvalue weighted by Gasteiger charge is -2.14. The number of hydrogen-bond donors (Lipinski definition) is 0. The zero-order valence-electron chi connectivity index (χ0n) is 8.33. The van der Waals surface area contributed by atoms with Gasteiger partial charge < -0.3 is 4.90 Å². The third-order valence-corrected chi connectivity index (χ3v) is 2.07. The lowest BCUT2D eigenvalue weighted by molar-refractivity contribution is 1.10. The van der Waals surface area contributed by atoms with E-state index in [1.54, 1.807) is 0 Å². The van der Waals surface area contributed by atoms with Gasteiger partial charge in [0.15, 0.2) is 0 Å². The smallest absolute Gasteiger partial charge is 0.101 e. The first-order valence-corrected chi connectivity index (χ1v) is 4.39. The van der Waals surface area contributed by atoms with Crippen LogP contribution in [0.1, 0.15) is 18.1 Å². The lowest BCUT2D eigenvalue weighted by atomic mass is 10.1. The molecule has 2 nitrogen and oxygen atoms in total. The van der Waals surface area contributed by atoms with Crippen LogP contribution < -0.4 is 4.90 Å². The van der Waals surface area contributed by atoms with Crippen LogP contribution >= 0.6 is 0 Å². The second kappa shape index (κ2) is 3.95. The van der Waals surface area contributed by atoms with Crippen LogP contribution in [0, 0.1) is 11.3 Å². The number of aryl methyl sites for hydroxylation is 1. The molecule has 0 saturated carbocycles. The van der Waals surface area contributed by atoms with Gasteiger partial charge in [0.2, 0.25) is 0 Å². The van der Waals surface area contributed by atoms with Crippen molar-refractivity contribution in [2.45, 2.75) is 13.3 Å². The fourth-order valence-electron chi connectivity index (χ4n) is 1.28. The number of rotatable bonds is 2. The SMILES string of the molecule is CCc1ccc(N(C)C)c(C#N)c1. The quantitative estimate of drug-likeness (QED) is 0.687. The summed E-state index contributed by atoms with van der Waals surface area (Å²) in [6.07, 6.45) is 0.975. The summed E-state index contributed by atoms with van der Waals surface area (Å²) in [5.41, 5.74) is 2.95. The zero-order valence-corrected chi connectivity index (χ0v) is 8.33. The van der Waals surface area contributed by atoms with E-state index < -0.39 is 0 Å². The molecule has 1 aromatic carbocycles. The van der Waals surface area contributed by atoms with Crippen LogP contribution in [0.25, 0.3) is 0 Å². The summed E-state index contributed by atoms with van der Waals surface area (Å²) in [4.78, 5) is 1.96. The van der Waals surface area contributed by atoms with Crippen molar-refractivity contribution in [3.05, 3.63) is 29.3 Å². The van der Waals surface area contributed by atoms with Crippen molar-refractivity contribution in [1.29, 1.82) is 5.26 Å². The van der Waals surface area contributed by atoms with Crippen molar-refractivity contribution in [3.8, 4) is 6.07 Å². The first-order valence-electron chi connectivity index (χ1n) is 4.39. The third-order valence-electron chi connectivity index (χ3n) is 2.07. The molecule has 0 saturated heterocycles. The molecule has 1 aromatic rings. The van der Waals surface area contributed by atoms with Crippen LogP contribution in [0.3, 0.4) is 0 Å². The van der Waals surface area contributed by atoms with Gasteiger partial charge in [0.1, 0.15) is 6.07 Å². The Morgan fingerprint density at radius 3 is 2.54 bits per heavy atom. The van der Waals surface area contributed by atoms with Gasteiger partial charge in [0, 0.05) is 14.1 Å². The predicted molar refractivity (Wildman–Crippen MR) is 54.9 cm³/mol. The summed E-state index contributed by atoms with van der Waals surface area (Å²) in [5, 5.41) is 8.91. The van der Waals surface area contributed by atoms with Crippen molar-refractivity contribution < 1.29 is 0 Å². The van der Waals surface area contributed by atoms with E-state index in [0.29, 0.717) is 0 Å². The standard InChI is InChI=1S/C11H14N2/c1-4-9-5-6-11(13(2)3)10(7-9)8-12/h5-7H,4H2,1-3H3. The van der Waals surface area contributed by atoms with E-state index in [1.807, 2.05) is 31.1 Å². The minimum Gasteiger partial charge on any atom is -0.377 e. The molecule has 0 aliphatic heterocycles. The maximum Gasteiger partial charge on any atom is 0.101 e. The minimum absolute atomic E-state index is 0.754. The van der Waals surface area contributed by atoms with Crippen LogP contribution in [0.4, 0.5) is 5.69 Å². The molecule has 0 spiro atoms. The molecule has 0 radical (unpaired) electrons. The molecule has 0 bridgehead atoms. The predicted octanol–water partition coefficient (Wildman–Crippen LogP) is 2.19. The Balaban J connectivity index is 3.18. The molecular weight excluding hydrogens is 160 g/mol. The van der Waals surface area contributed by atoms with Crippen LogP contribution in [-0.4, -0.2) is 14.1 Å². The first kappa shape index (κ1) is 9.60. The maximum absolute atomic E-state index is 8.91. The third kappa shape index (κ3) is 2.00. The Morgan fingerprint density at radius 1 is 1.38 bits per heavy atom. The van der Waals surface area contributed by atoms with Gasteiger partial charge in [0.05, 0.1) is 11.3 Å². The van der Waals surface area contributed by atoms with E-state index in [4.69, 9.17) is 5.26 Å². The average Bonchev–Trinajstić information content (AvgIpc) is 2.16. The van der Waals surface area contributed by atoms with Crippen LogP contribution in [0.2, 0.25) is 0 Å². The van der Waals surface area contributed by atoms with E-state index in [0.717, 1.165) is 17.7 Å². The van der Waals surface area contributed by atoms with Gasteiger partial charge in [0.25, 0.3) is 0 Å². The second-order valence-electron chi connectivity index (χ2n) is 3.21. The number of anilines is 1. The lowest BCUT2D eigenvalue weighted by Crippen LogP contribution is -2.10. The van der Waals surface area contributed by atoms with E-state index in [1.165, 1.54) is 5.56 Å². The van der Waals surface area contributed by atoms with Crippen molar-refractivity contribution in [3.63, 3.8) is 0 Å². The van der Waals surface area contributed by atoms with Gasteiger partial charge in [-0.25, -0.2) is 0 Å². The van der Waals surface area contributed by atoms with Crippen molar-refractivity contribution in [2.75, 3.05) is 19.0 Å². The number of hydrogen-bond acceptors (Lipinski definition) is 2. The highest BCUT2D eigenvalue weighted by molar-refractivity contribution is 5.59. The topological polar surface area (TPSA) is 27.0 Å². The fourth-order valence-corrected chi connectivity index (χ4v) is 1.28. The highest BCUT2D eigenvalue weighted by Crippen LogP contribution is 2.19. The van der Waals surface area contributed by atoms with E-state index in [2.05, 4.69) is 19.1 Å². The molecule has 0 aliphatic rings. The largest absolute Gasteiger partial charge is 0.377 e. The Kier molecular flexibility index (Phi) is 2.92. The minimum atomic E-state index is 0.754. The molecule has 0 aliphatic carbocycles. The Labute approximate surface area is 79.4 Å². The molecule has 0 fully saturated rings. The molecule has 0 aromatic heterocycles. The molecule has 68 valence electrons. The maximum atomic E-state index is 8.91. The Hall–Kier alpha value is -1.49. The van der Waals surface area contributed by atoms with Crippen molar-refractivity contribution in [1.82, 2.24) is 0 Å². The second-order valence-corrected chi connectivity index (χ2v) is 3.21. The van der Waals surface area contributed by atoms with Crippen LogP contribution in [0.15, 0.2) is 18.2 Å². The first-order chi connectivity index (χ1) is 6.19. The fraction of sp³-hybridized carbons (Fsp3) is 0.364. The van der Waals surface area contributed by atoms with Crippen molar-refractivity contribution >= 4 is 5.69 Å². The molecule has 0 N–H and O–H groups in total. The molecule has 2 heteroatoms. The highest BCUT2D eigenvalue weighted by Gasteiger charge is 2.03. The molecule has 0 atom stereocenters. The number of nitrogens with zero attached hydrogens (tertiary/aromatic N) is 2. The summed E-state index contributed by atoms with van der Waals surface area (Å²) in [6.45, 7) is 2.09. The Bertz CT molecular complexity index is 334. The van der Waals surface area contributed by atoms with Crippen molar-refractivity contribution in [2.24, 2.45) is 0 Å². The normalized spacial score (nSPS) is 9.38. The summed E-state index contributed by atoms with van der Waals surface area (Å²) >= 11 is 0. The van der Waals surface area contributed by atoms with Crippen LogP contribution in [0.5, 0.6) is 0 Å². The molecule has 0 amide bonds. The molecule has 0 heterocycles. The van der Waals surface area contributed by atoms with E-state index >= 15 is 0 Å². The molecule has 0 unspecified atom stereocenters. The molecule has 1 rings (SSSR count). The highest BCUT2D eigenvalue weighted by atomic mass is 15.1. The monoisotopic (exact) mass is 174 g/mol. The van der Waals surface area contributed by atoms with Crippen LogP contribution in [-0.2, 0) is 6.42 Å². The van der Waals surface area contributed by atoms with Gasteiger partial charge in [-0.05, 0) is 24.1 Å². The summed E-state index contributed by atoms with van der Waals surface area (Å²) in [5.74, 6) is 0. The zero-order chi connectivity index (χ0) is 9.84.